The molecule has 1 saturated heterocycles. The summed E-state index contributed by atoms with van der Waals surface area (Å²) in [6, 6.07) is 15.6. The Kier molecular flexibility index (Phi) is 5.42. The number of methoxy groups -OCH3 is 2. The zero-order valence-corrected chi connectivity index (χ0v) is 16.9. The van der Waals surface area contributed by atoms with Crippen molar-refractivity contribution in [3.05, 3.63) is 59.8 Å². The van der Waals surface area contributed by atoms with Gasteiger partial charge in [0, 0.05) is 29.6 Å². The molecule has 1 aliphatic heterocycles. The molecule has 0 radical (unpaired) electrons. The van der Waals surface area contributed by atoms with Gasteiger partial charge in [0.2, 0.25) is 0 Å². The standard InChI is InChI=1S/C22H26N4O3/c1-4-26-18-10-9-15(28-2)11-14(18)12-19(26)17-13-21(25-24-17)23-22(27)16-7-5-6-8-20(16)29-3/h5-12,17,21,24-25H,4,13H2,1-3H3,(H,23,27). The fourth-order valence-electron chi connectivity index (χ4n) is 3.95. The first kappa shape index (κ1) is 19.3. The van der Waals surface area contributed by atoms with E-state index in [0.717, 1.165) is 24.1 Å². The molecule has 7 nitrogen and oxygen atoms in total. The third-order valence-electron chi connectivity index (χ3n) is 5.37. The molecule has 3 N–H and O–H groups in total. The minimum Gasteiger partial charge on any atom is -0.497 e. The van der Waals surface area contributed by atoms with Crippen LogP contribution in [0.25, 0.3) is 10.9 Å². The third-order valence-corrected chi connectivity index (χ3v) is 5.37. The summed E-state index contributed by atoms with van der Waals surface area (Å²) in [6.45, 7) is 3.00. The molecule has 4 rings (SSSR count). The number of aromatic nitrogens is 1. The number of nitrogens with zero attached hydrogens (tertiary/aromatic N) is 1. The summed E-state index contributed by atoms with van der Waals surface area (Å²) in [5, 5.41) is 4.18. The molecule has 3 aromatic rings. The molecule has 0 bridgehead atoms. The van der Waals surface area contributed by atoms with Gasteiger partial charge in [-0.25, -0.2) is 10.9 Å². The normalized spacial score (nSPS) is 18.7. The van der Waals surface area contributed by atoms with E-state index in [0.29, 0.717) is 11.3 Å². The summed E-state index contributed by atoms with van der Waals surface area (Å²) in [5.41, 5.74) is 9.40. The van der Waals surface area contributed by atoms with E-state index in [1.807, 2.05) is 24.3 Å². The van der Waals surface area contributed by atoms with Crippen LogP contribution in [-0.2, 0) is 6.54 Å². The average Bonchev–Trinajstić information content (AvgIpc) is 3.36. The Balaban J connectivity index is 1.52. The molecule has 2 heterocycles. The van der Waals surface area contributed by atoms with E-state index in [1.54, 1.807) is 26.4 Å². The third kappa shape index (κ3) is 3.66. The molecule has 29 heavy (non-hydrogen) atoms. The molecule has 152 valence electrons. The number of rotatable bonds is 6. The summed E-state index contributed by atoms with van der Waals surface area (Å²) in [6.07, 6.45) is 0.546. The highest BCUT2D eigenvalue weighted by Crippen LogP contribution is 2.30. The highest BCUT2D eigenvalue weighted by atomic mass is 16.5. The quantitative estimate of drug-likeness (QED) is 0.599. The minimum absolute atomic E-state index is 0.0799. The van der Waals surface area contributed by atoms with Crippen molar-refractivity contribution in [2.45, 2.75) is 32.1 Å². The number of carbonyl (C=O) groups excluding carboxylic acids is 1. The SMILES string of the molecule is CCn1c(C2CC(NC(=O)c3ccccc3OC)NN2)cc2cc(OC)ccc21. The van der Waals surface area contributed by atoms with Crippen molar-refractivity contribution < 1.29 is 14.3 Å². The Hall–Kier alpha value is -3.03. The number of nitrogens with one attached hydrogen (secondary N) is 3. The van der Waals surface area contributed by atoms with E-state index in [2.05, 4.69) is 39.8 Å². The van der Waals surface area contributed by atoms with Crippen LogP contribution in [0.2, 0.25) is 0 Å². The van der Waals surface area contributed by atoms with Crippen molar-refractivity contribution >= 4 is 16.8 Å². The van der Waals surface area contributed by atoms with Crippen LogP contribution in [0.5, 0.6) is 11.5 Å². The lowest BCUT2D eigenvalue weighted by molar-refractivity contribution is 0.0929. The van der Waals surface area contributed by atoms with Crippen LogP contribution in [0.15, 0.2) is 48.5 Å². The first-order chi connectivity index (χ1) is 14.1. The van der Waals surface area contributed by atoms with Gasteiger partial charge in [-0.15, -0.1) is 0 Å². The van der Waals surface area contributed by atoms with E-state index in [1.165, 1.54) is 11.2 Å². The summed E-state index contributed by atoms with van der Waals surface area (Å²) in [7, 11) is 3.24. The van der Waals surface area contributed by atoms with Gasteiger partial charge in [-0.1, -0.05) is 12.1 Å². The number of ether oxygens (including phenoxy) is 2. The maximum absolute atomic E-state index is 12.7. The van der Waals surface area contributed by atoms with Crippen LogP contribution in [-0.4, -0.2) is 30.9 Å². The molecular formula is C22H26N4O3. The largest absolute Gasteiger partial charge is 0.497 e. The van der Waals surface area contributed by atoms with Crippen molar-refractivity contribution in [1.82, 2.24) is 20.7 Å². The molecule has 2 unspecified atom stereocenters. The fraction of sp³-hybridized carbons (Fsp3) is 0.318. The van der Waals surface area contributed by atoms with Crippen molar-refractivity contribution in [1.29, 1.82) is 0 Å². The lowest BCUT2D eigenvalue weighted by atomic mass is 10.1. The van der Waals surface area contributed by atoms with Gasteiger partial charge < -0.3 is 19.4 Å². The number of benzene rings is 2. The molecule has 0 saturated carbocycles. The maximum atomic E-state index is 12.7. The highest BCUT2D eigenvalue weighted by molar-refractivity contribution is 5.97. The van der Waals surface area contributed by atoms with Gasteiger partial charge in [0.1, 0.15) is 11.5 Å². The van der Waals surface area contributed by atoms with Gasteiger partial charge in [0.05, 0.1) is 32.0 Å². The number of fused-ring (bicyclic) bond motifs is 1. The Morgan fingerprint density at radius 1 is 1.14 bits per heavy atom. The van der Waals surface area contributed by atoms with Crippen LogP contribution < -0.4 is 25.6 Å². The smallest absolute Gasteiger partial charge is 0.256 e. The molecule has 0 spiro atoms. The monoisotopic (exact) mass is 394 g/mol. The zero-order valence-electron chi connectivity index (χ0n) is 16.9. The topological polar surface area (TPSA) is 76.6 Å². The molecular weight excluding hydrogens is 368 g/mol. The van der Waals surface area contributed by atoms with Gasteiger partial charge in [0.25, 0.3) is 5.91 Å². The van der Waals surface area contributed by atoms with Gasteiger partial charge in [-0.05, 0) is 43.3 Å². The fourth-order valence-corrected chi connectivity index (χ4v) is 3.95. The number of hydrazine groups is 1. The number of para-hydroxylation sites is 1. The van der Waals surface area contributed by atoms with E-state index in [4.69, 9.17) is 9.47 Å². The number of carbonyl (C=O) groups is 1. The average molecular weight is 394 g/mol. The van der Waals surface area contributed by atoms with E-state index < -0.39 is 0 Å². The lowest BCUT2D eigenvalue weighted by Gasteiger charge is -2.15. The molecule has 1 fully saturated rings. The van der Waals surface area contributed by atoms with E-state index >= 15 is 0 Å². The molecule has 2 aromatic carbocycles. The lowest BCUT2D eigenvalue weighted by Crippen LogP contribution is -2.44. The van der Waals surface area contributed by atoms with Gasteiger partial charge >= 0.3 is 0 Å². The van der Waals surface area contributed by atoms with Crippen LogP contribution >= 0.6 is 0 Å². The Morgan fingerprint density at radius 2 is 1.97 bits per heavy atom. The molecule has 7 heteroatoms. The van der Waals surface area contributed by atoms with E-state index in [9.17, 15) is 4.79 Å². The van der Waals surface area contributed by atoms with Crippen molar-refractivity contribution in [3.8, 4) is 11.5 Å². The highest BCUT2D eigenvalue weighted by Gasteiger charge is 2.29. The Morgan fingerprint density at radius 3 is 2.72 bits per heavy atom. The number of aryl methyl sites for hydroxylation is 1. The second-order valence-electron chi connectivity index (χ2n) is 7.04. The Labute approximate surface area is 170 Å². The van der Waals surface area contributed by atoms with Crippen molar-refractivity contribution in [2.75, 3.05) is 14.2 Å². The molecule has 0 aliphatic carbocycles. The first-order valence-electron chi connectivity index (χ1n) is 9.76. The maximum Gasteiger partial charge on any atom is 0.256 e. The predicted octanol–water partition coefficient (Wildman–Crippen LogP) is 2.97. The number of hydrogen-bond donors (Lipinski definition) is 3. The van der Waals surface area contributed by atoms with Gasteiger partial charge in [-0.3, -0.25) is 4.79 Å². The summed E-state index contributed by atoms with van der Waals surface area (Å²) < 4.78 is 12.9. The summed E-state index contributed by atoms with van der Waals surface area (Å²) in [4.78, 5) is 12.7. The summed E-state index contributed by atoms with van der Waals surface area (Å²) in [5.74, 6) is 1.24. The van der Waals surface area contributed by atoms with Crippen LogP contribution in [0, 0.1) is 0 Å². The Bertz CT molecular complexity index is 1030. The molecule has 2 atom stereocenters. The van der Waals surface area contributed by atoms with Gasteiger partial charge in [0.15, 0.2) is 0 Å². The second-order valence-corrected chi connectivity index (χ2v) is 7.04. The van der Waals surface area contributed by atoms with Gasteiger partial charge in [-0.2, -0.15) is 0 Å². The second kappa shape index (κ2) is 8.14. The van der Waals surface area contributed by atoms with Crippen molar-refractivity contribution in [2.24, 2.45) is 0 Å². The minimum atomic E-state index is -0.185. The summed E-state index contributed by atoms with van der Waals surface area (Å²) >= 11 is 0. The number of amides is 1. The first-order valence-corrected chi connectivity index (χ1v) is 9.76. The van der Waals surface area contributed by atoms with Crippen LogP contribution in [0.1, 0.15) is 35.4 Å². The van der Waals surface area contributed by atoms with Crippen molar-refractivity contribution in [3.63, 3.8) is 0 Å². The number of hydrogen-bond acceptors (Lipinski definition) is 5. The molecule has 1 aromatic heterocycles. The molecule has 1 amide bonds. The van der Waals surface area contributed by atoms with Crippen LogP contribution in [0.3, 0.4) is 0 Å². The zero-order chi connectivity index (χ0) is 20.4. The predicted molar refractivity (Wildman–Crippen MR) is 112 cm³/mol. The molecule has 1 aliphatic rings. The van der Waals surface area contributed by atoms with Crippen LogP contribution in [0.4, 0.5) is 0 Å². The van der Waals surface area contributed by atoms with E-state index in [-0.39, 0.29) is 18.1 Å².